The maximum absolute atomic E-state index is 9.69. The second-order valence-electron chi connectivity index (χ2n) is 1.94. The van der Waals surface area contributed by atoms with Crippen molar-refractivity contribution in [3.05, 3.63) is 27.2 Å². The van der Waals surface area contributed by atoms with Crippen molar-refractivity contribution in [2.75, 3.05) is 0 Å². The van der Waals surface area contributed by atoms with Crippen LogP contribution in [0.1, 0.15) is 6.99 Å². The van der Waals surface area contributed by atoms with Crippen molar-refractivity contribution in [2.24, 2.45) is 5.34 Å². The molecule has 1 rings (SSSR count). The number of aromatic nitrogens is 1. The van der Waals surface area contributed by atoms with E-state index in [1.54, 1.807) is 13.0 Å². The molecular formula is C6H6BrN2NaO2. The summed E-state index contributed by atoms with van der Waals surface area (Å²) in [5.41, 5.74) is 0.763. The molecule has 0 radical (unpaired) electrons. The summed E-state index contributed by atoms with van der Waals surface area (Å²) >= 11 is 3.22. The normalized spacial score (nSPS) is 8.50. The fourth-order valence-electron chi connectivity index (χ4n) is 0.659. The average Bonchev–Trinajstić information content (AvgIpc) is 1.95. The van der Waals surface area contributed by atoms with Gasteiger partial charge in [0.2, 0.25) is 0 Å². The minimum Gasteiger partial charge on any atom is -1.00 e. The summed E-state index contributed by atoms with van der Waals surface area (Å²) in [6.07, 6.45) is 1.54. The maximum Gasteiger partial charge on any atom is 1.00 e. The SMILES string of the molecule is Cc1cc(Br)cnc1ON=O.[H-].[Na+]. The topological polar surface area (TPSA) is 51.6 Å². The first-order chi connectivity index (χ1) is 5.24. The van der Waals surface area contributed by atoms with Crippen LogP contribution >= 0.6 is 15.9 Å². The van der Waals surface area contributed by atoms with Gasteiger partial charge in [0, 0.05) is 16.2 Å². The standard InChI is InChI=1S/C6H5BrN2O2.Na.H/c1-4-2-5(7)3-8-6(4)11-9-10;;/h2-3H,1H3;;/q;+1;-1. The van der Waals surface area contributed by atoms with Crippen molar-refractivity contribution in [1.82, 2.24) is 4.98 Å². The van der Waals surface area contributed by atoms with Gasteiger partial charge in [0.05, 0.1) is 0 Å². The summed E-state index contributed by atoms with van der Waals surface area (Å²) in [4.78, 5) is 17.8. The molecule has 0 atom stereocenters. The second-order valence-corrected chi connectivity index (χ2v) is 2.86. The van der Waals surface area contributed by atoms with Gasteiger partial charge in [-0.2, -0.15) is 0 Å². The first-order valence-electron chi connectivity index (χ1n) is 2.86. The Morgan fingerprint density at radius 1 is 1.75 bits per heavy atom. The Morgan fingerprint density at radius 2 is 2.42 bits per heavy atom. The van der Waals surface area contributed by atoms with Crippen molar-refractivity contribution in [1.29, 1.82) is 0 Å². The monoisotopic (exact) mass is 240 g/mol. The van der Waals surface area contributed by atoms with E-state index in [4.69, 9.17) is 0 Å². The minimum absolute atomic E-state index is 0. The molecule has 0 aliphatic heterocycles. The average molecular weight is 241 g/mol. The molecule has 0 aliphatic rings. The van der Waals surface area contributed by atoms with Gasteiger partial charge in [-0.25, -0.2) is 4.98 Å². The molecule has 0 saturated carbocycles. The first-order valence-corrected chi connectivity index (χ1v) is 3.65. The summed E-state index contributed by atoms with van der Waals surface area (Å²) < 4.78 is 0.841. The Kier molecular flexibility index (Phi) is 5.65. The maximum atomic E-state index is 9.69. The van der Waals surface area contributed by atoms with Gasteiger partial charge in [0.25, 0.3) is 5.88 Å². The number of aryl methyl sites for hydroxylation is 1. The van der Waals surface area contributed by atoms with E-state index in [2.05, 4.69) is 31.1 Å². The summed E-state index contributed by atoms with van der Waals surface area (Å²) in [6, 6.07) is 1.79. The van der Waals surface area contributed by atoms with E-state index in [9.17, 15) is 4.91 Å². The molecule has 1 aromatic rings. The molecule has 1 aromatic heterocycles. The van der Waals surface area contributed by atoms with Gasteiger partial charge < -0.3 is 6.26 Å². The van der Waals surface area contributed by atoms with Gasteiger partial charge in [-0.15, -0.1) is 4.91 Å². The second kappa shape index (κ2) is 5.64. The summed E-state index contributed by atoms with van der Waals surface area (Å²) in [6.45, 7) is 1.78. The van der Waals surface area contributed by atoms with E-state index < -0.39 is 0 Å². The van der Waals surface area contributed by atoms with Crippen LogP contribution in [0.15, 0.2) is 22.1 Å². The molecule has 0 saturated heterocycles. The Morgan fingerprint density at radius 3 is 2.92 bits per heavy atom. The van der Waals surface area contributed by atoms with E-state index in [1.165, 1.54) is 6.20 Å². The van der Waals surface area contributed by atoms with Crippen LogP contribution in [0, 0.1) is 11.8 Å². The van der Waals surface area contributed by atoms with Gasteiger partial charge >= 0.3 is 29.6 Å². The molecule has 6 heteroatoms. The van der Waals surface area contributed by atoms with E-state index in [0.29, 0.717) is 0 Å². The molecule has 0 amide bonds. The largest absolute Gasteiger partial charge is 1.00 e. The molecule has 4 nitrogen and oxygen atoms in total. The molecule has 0 fully saturated rings. The quantitative estimate of drug-likeness (QED) is 0.392. The Balaban J connectivity index is 0. The fourth-order valence-corrected chi connectivity index (χ4v) is 1.10. The molecule has 0 N–H and O–H groups in total. The molecule has 12 heavy (non-hydrogen) atoms. The molecule has 0 bridgehead atoms. The van der Waals surface area contributed by atoms with Gasteiger partial charge in [-0.05, 0) is 28.9 Å². The zero-order chi connectivity index (χ0) is 8.27. The third-order valence-corrected chi connectivity index (χ3v) is 1.55. The Hall–Kier alpha value is 0.0300. The van der Waals surface area contributed by atoms with Crippen LogP contribution < -0.4 is 34.4 Å². The van der Waals surface area contributed by atoms with Crippen LogP contribution in [0.3, 0.4) is 0 Å². The van der Waals surface area contributed by atoms with Crippen LogP contribution in [0.4, 0.5) is 0 Å². The predicted molar refractivity (Wildman–Crippen MR) is 44.2 cm³/mol. The Bertz CT molecular complexity index is 287. The van der Waals surface area contributed by atoms with E-state index in [0.717, 1.165) is 10.0 Å². The van der Waals surface area contributed by atoms with Crippen LogP contribution in [0.25, 0.3) is 0 Å². The third-order valence-electron chi connectivity index (χ3n) is 1.12. The molecule has 0 aromatic carbocycles. The molecule has 0 spiro atoms. The van der Waals surface area contributed by atoms with Crippen molar-refractivity contribution < 1.29 is 35.8 Å². The van der Waals surface area contributed by atoms with Crippen LogP contribution in [0.5, 0.6) is 5.88 Å². The smallest absolute Gasteiger partial charge is 1.00 e. The minimum atomic E-state index is 0. The zero-order valence-corrected chi connectivity index (χ0v) is 10.3. The Labute approximate surface area is 102 Å². The van der Waals surface area contributed by atoms with Crippen molar-refractivity contribution in [3.63, 3.8) is 0 Å². The number of pyridine rings is 1. The van der Waals surface area contributed by atoms with Gasteiger partial charge in [-0.1, -0.05) is 0 Å². The van der Waals surface area contributed by atoms with Gasteiger partial charge in [0.15, 0.2) is 5.34 Å². The van der Waals surface area contributed by atoms with E-state index in [1.807, 2.05) is 0 Å². The van der Waals surface area contributed by atoms with Crippen molar-refractivity contribution in [2.45, 2.75) is 6.92 Å². The van der Waals surface area contributed by atoms with Crippen LogP contribution in [-0.4, -0.2) is 4.98 Å². The predicted octanol–water partition coefficient (Wildman–Crippen LogP) is -0.671. The first kappa shape index (κ1) is 12.0. The fraction of sp³-hybridized carbons (Fsp3) is 0.167. The summed E-state index contributed by atoms with van der Waals surface area (Å²) in [5.74, 6) is 0.239. The van der Waals surface area contributed by atoms with Crippen molar-refractivity contribution >= 4 is 15.9 Å². The third kappa shape index (κ3) is 3.18. The number of hydrogen-bond donors (Lipinski definition) is 0. The number of halogens is 1. The van der Waals surface area contributed by atoms with E-state index >= 15 is 0 Å². The molecule has 0 aliphatic carbocycles. The molecular weight excluding hydrogens is 235 g/mol. The van der Waals surface area contributed by atoms with Crippen LogP contribution in [0.2, 0.25) is 0 Å². The molecule has 60 valence electrons. The van der Waals surface area contributed by atoms with Crippen molar-refractivity contribution in [3.8, 4) is 5.88 Å². The van der Waals surface area contributed by atoms with Gasteiger partial charge in [-0.3, -0.25) is 0 Å². The van der Waals surface area contributed by atoms with Crippen LogP contribution in [-0.2, 0) is 0 Å². The summed E-state index contributed by atoms with van der Waals surface area (Å²) in [7, 11) is 0. The molecule has 0 unspecified atom stereocenters. The number of hydrogen-bond acceptors (Lipinski definition) is 4. The van der Waals surface area contributed by atoms with Gasteiger partial charge in [0.1, 0.15) is 0 Å². The zero-order valence-electron chi connectivity index (χ0n) is 7.74. The number of nitrogens with zero attached hydrogens (tertiary/aromatic N) is 2. The summed E-state index contributed by atoms with van der Waals surface area (Å²) in [5, 5.41) is 2.27. The van der Waals surface area contributed by atoms with E-state index in [-0.39, 0.29) is 36.9 Å². The molecule has 1 heterocycles. The number of rotatable bonds is 2.